The number of nitrogens with zero attached hydrogens (tertiary/aromatic N) is 2. The molecular weight excluding hydrogens is 237 g/mol. The maximum atomic E-state index is 8.03. The van der Waals surface area contributed by atoms with Crippen LogP contribution in [0.3, 0.4) is 0 Å². The molecule has 11 heavy (non-hydrogen) atoms. The second-order valence-electron chi connectivity index (χ2n) is 1.39. The molecule has 0 saturated carbocycles. The van der Waals surface area contributed by atoms with Gasteiger partial charge in [-0.15, -0.1) is 0 Å². The van der Waals surface area contributed by atoms with Crippen molar-refractivity contribution in [2.24, 2.45) is 0 Å². The Hall–Kier alpha value is -0.297. The summed E-state index contributed by atoms with van der Waals surface area (Å²) in [6.45, 7) is 0. The van der Waals surface area contributed by atoms with Crippen molar-refractivity contribution in [1.82, 2.24) is 0 Å². The van der Waals surface area contributed by atoms with E-state index in [1.54, 1.807) is 12.1 Å². The number of hydrogen-bond acceptors (Lipinski definition) is 4. The molecule has 58 valence electrons. The molecule has 0 heterocycles. The van der Waals surface area contributed by atoms with Gasteiger partial charge in [-0.3, -0.25) is 0 Å². The van der Waals surface area contributed by atoms with Gasteiger partial charge in [0, 0.05) is 0 Å². The normalized spacial score (nSPS) is 6.18. The first-order valence-corrected chi connectivity index (χ1v) is 7.62. The zero-order chi connectivity index (χ0) is 9.28. The van der Waals surface area contributed by atoms with Crippen molar-refractivity contribution in [1.29, 1.82) is 10.5 Å². The summed E-state index contributed by atoms with van der Waals surface area (Å²) >= 11 is 9.20. The van der Waals surface area contributed by atoms with Crippen LogP contribution in [0.15, 0.2) is 9.81 Å². The molecule has 0 amide bonds. The minimum absolute atomic E-state index is 0.0602. The van der Waals surface area contributed by atoms with Crippen LogP contribution in [0.25, 0.3) is 0 Å². The standard InChI is InChI=1S/C4H2N2S2.C2H6Ge/c5-1-3(2-6)4(7)8;1-3-2/h7-8H;1-2H3/p-2. The van der Waals surface area contributed by atoms with E-state index in [0.29, 0.717) is 15.4 Å². The van der Waals surface area contributed by atoms with Gasteiger partial charge in [-0.05, 0) is 0 Å². The minimum atomic E-state index is -0.157. The third-order valence-corrected chi connectivity index (χ3v) is 0.836. The number of nitriles is 2. The fourth-order valence-electron chi connectivity index (χ4n) is 0.116. The van der Waals surface area contributed by atoms with Gasteiger partial charge in [0.15, 0.2) is 0 Å². The van der Waals surface area contributed by atoms with Gasteiger partial charge >= 0.3 is 26.9 Å². The van der Waals surface area contributed by atoms with Crippen LogP contribution in [0.4, 0.5) is 0 Å². The summed E-state index contributed by atoms with van der Waals surface area (Å²) in [5, 5.41) is 16.1. The van der Waals surface area contributed by atoms with Crippen molar-refractivity contribution < 1.29 is 0 Å². The first-order chi connectivity index (χ1) is 5.13. The fourth-order valence-corrected chi connectivity index (χ4v) is 0.299. The summed E-state index contributed by atoms with van der Waals surface area (Å²) in [7, 11) is 0. The Kier molecular flexibility index (Phi) is 11.7. The van der Waals surface area contributed by atoms with Gasteiger partial charge in [-0.1, -0.05) is 0 Å². The van der Waals surface area contributed by atoms with Gasteiger partial charge in [0.05, 0.1) is 5.57 Å². The van der Waals surface area contributed by atoms with Crippen molar-refractivity contribution in [2.75, 3.05) is 0 Å². The van der Waals surface area contributed by atoms with E-state index in [1.807, 2.05) is 0 Å². The molecule has 5 heteroatoms. The quantitative estimate of drug-likeness (QED) is 0.363. The molecule has 0 bridgehead atoms. The molecule has 2 nitrogen and oxygen atoms in total. The van der Waals surface area contributed by atoms with Crippen LogP contribution in [-0.4, -0.2) is 15.4 Å². The summed E-state index contributed by atoms with van der Waals surface area (Å²) in [6.07, 6.45) is 0. The molecule has 0 aliphatic heterocycles. The Morgan fingerprint density at radius 2 is 1.45 bits per heavy atom. The summed E-state index contributed by atoms with van der Waals surface area (Å²) in [5.74, 6) is 4.50. The average molecular weight is 243 g/mol. The Labute approximate surface area is 84.6 Å². The van der Waals surface area contributed by atoms with Crippen LogP contribution in [0.2, 0.25) is 11.5 Å². The Balaban J connectivity index is 0. The van der Waals surface area contributed by atoms with Crippen LogP contribution >= 0.6 is 0 Å². The number of hydrogen-bond donors (Lipinski definition) is 0. The summed E-state index contributed by atoms with van der Waals surface area (Å²) in [5.41, 5.74) is -0.157. The van der Waals surface area contributed by atoms with Crippen LogP contribution < -0.4 is 0 Å². The summed E-state index contributed by atoms with van der Waals surface area (Å²) in [4.78, 5) is 0. The molecule has 0 N–H and O–H groups in total. The third kappa shape index (κ3) is 9.70. The van der Waals surface area contributed by atoms with Gasteiger partial charge in [0.25, 0.3) is 0 Å². The van der Waals surface area contributed by atoms with Crippen LogP contribution in [-0.2, 0) is 25.3 Å². The predicted molar refractivity (Wildman–Crippen MR) is 50.5 cm³/mol. The number of rotatable bonds is 0. The van der Waals surface area contributed by atoms with E-state index in [0.717, 1.165) is 0 Å². The van der Waals surface area contributed by atoms with Gasteiger partial charge < -0.3 is 29.5 Å². The zero-order valence-corrected chi connectivity index (χ0v) is 9.94. The molecular formula is C6H6GeN2S2-2. The molecule has 0 fully saturated rings. The monoisotopic (exact) mass is 244 g/mol. The van der Waals surface area contributed by atoms with E-state index in [1.165, 1.54) is 0 Å². The topological polar surface area (TPSA) is 47.6 Å². The van der Waals surface area contributed by atoms with Gasteiger partial charge in [0.1, 0.15) is 12.1 Å². The second-order valence-corrected chi connectivity index (χ2v) is 4.56. The molecule has 0 atom stereocenters. The Morgan fingerprint density at radius 1 is 1.18 bits per heavy atom. The van der Waals surface area contributed by atoms with E-state index >= 15 is 0 Å². The predicted octanol–water partition coefficient (Wildman–Crippen LogP) is 1.13. The van der Waals surface area contributed by atoms with Crippen LogP contribution in [0, 0.1) is 22.7 Å². The van der Waals surface area contributed by atoms with Crippen molar-refractivity contribution in [2.45, 2.75) is 11.5 Å². The molecule has 0 aromatic heterocycles. The molecule has 0 saturated heterocycles. The van der Waals surface area contributed by atoms with Crippen molar-refractivity contribution >= 4 is 40.7 Å². The summed E-state index contributed by atoms with van der Waals surface area (Å²) < 4.78 is -0.0602. The Bertz CT molecular complexity index is 192. The molecule has 0 aliphatic carbocycles. The maximum absolute atomic E-state index is 8.03. The van der Waals surface area contributed by atoms with Crippen molar-refractivity contribution in [3.05, 3.63) is 9.81 Å². The summed E-state index contributed by atoms with van der Waals surface area (Å²) in [6, 6.07) is 3.12. The zero-order valence-electron chi connectivity index (χ0n) is 6.21. The van der Waals surface area contributed by atoms with E-state index in [2.05, 4.69) is 36.8 Å². The van der Waals surface area contributed by atoms with Crippen molar-refractivity contribution in [3.8, 4) is 12.1 Å². The number of allylic oxidation sites excluding steroid dienone is 1. The van der Waals surface area contributed by atoms with E-state index in [4.69, 9.17) is 10.5 Å². The molecule has 0 aromatic carbocycles. The molecule has 0 aliphatic rings. The fraction of sp³-hybridized carbons (Fsp3) is 0.333. The second kappa shape index (κ2) is 9.70. The van der Waals surface area contributed by atoms with E-state index in [-0.39, 0.29) is 9.81 Å². The van der Waals surface area contributed by atoms with E-state index in [9.17, 15) is 0 Å². The first kappa shape index (κ1) is 13.3. The van der Waals surface area contributed by atoms with Gasteiger partial charge in [-0.2, -0.15) is 10.5 Å². The molecule has 0 rings (SSSR count). The van der Waals surface area contributed by atoms with Gasteiger partial charge in [0.2, 0.25) is 0 Å². The Morgan fingerprint density at radius 3 is 1.45 bits per heavy atom. The van der Waals surface area contributed by atoms with Crippen LogP contribution in [0.1, 0.15) is 0 Å². The molecule has 0 unspecified atom stereocenters. The first-order valence-electron chi connectivity index (χ1n) is 2.61. The van der Waals surface area contributed by atoms with E-state index < -0.39 is 0 Å². The molecule has 2 radical (unpaired) electrons. The average Bonchev–Trinajstić information content (AvgIpc) is 1.91. The van der Waals surface area contributed by atoms with Crippen LogP contribution in [0.5, 0.6) is 0 Å². The third-order valence-electron chi connectivity index (χ3n) is 0.428. The van der Waals surface area contributed by atoms with Gasteiger partial charge in [-0.25, -0.2) is 0 Å². The van der Waals surface area contributed by atoms with Crippen molar-refractivity contribution in [3.63, 3.8) is 0 Å². The molecule has 0 aromatic rings. The molecule has 0 spiro atoms. The SMILES string of the molecule is N#CC(C#N)=C([S-])[S-].[CH3][Ge][CH3].